The Balaban J connectivity index is 1.72. The van der Waals surface area contributed by atoms with Crippen LogP contribution in [0.2, 0.25) is 0 Å². The summed E-state index contributed by atoms with van der Waals surface area (Å²) < 4.78 is 6.16. The van der Waals surface area contributed by atoms with Gasteiger partial charge >= 0.3 is 0 Å². The Labute approximate surface area is 186 Å². The molecule has 4 rings (SSSR count). The van der Waals surface area contributed by atoms with Gasteiger partial charge < -0.3 is 10.5 Å². The van der Waals surface area contributed by atoms with E-state index in [0.717, 1.165) is 23.1 Å². The van der Waals surface area contributed by atoms with E-state index in [1.807, 2.05) is 42.5 Å². The fourth-order valence-corrected chi connectivity index (χ4v) is 3.40. The Morgan fingerprint density at radius 1 is 0.875 bits per heavy atom. The van der Waals surface area contributed by atoms with Gasteiger partial charge in [-0.25, -0.2) is 0 Å². The topological polar surface area (TPSA) is 109 Å². The molecule has 0 saturated carbocycles. The third kappa shape index (κ3) is 4.46. The zero-order valence-corrected chi connectivity index (χ0v) is 17.2. The molecule has 154 valence electrons. The standard InChI is InChI=1S/C26H19N5O/c27-12-11-18-5-8-20(9-6-18)24-10-7-19(15-28)13-26(24)32-22-14-25(31-30-17-22)23-4-2-1-3-21(23)16-29/h1-10,13-14,17H,11-12,27H2. The van der Waals surface area contributed by atoms with E-state index < -0.39 is 0 Å². The van der Waals surface area contributed by atoms with Crippen molar-refractivity contribution in [1.82, 2.24) is 10.2 Å². The molecular formula is C26H19N5O. The highest BCUT2D eigenvalue weighted by Crippen LogP contribution is 2.35. The summed E-state index contributed by atoms with van der Waals surface area (Å²) in [5, 5.41) is 27.0. The lowest BCUT2D eigenvalue weighted by Crippen LogP contribution is -2.02. The number of rotatable bonds is 6. The van der Waals surface area contributed by atoms with Gasteiger partial charge in [-0.1, -0.05) is 42.5 Å². The average molecular weight is 417 g/mol. The maximum absolute atomic E-state index is 9.39. The van der Waals surface area contributed by atoms with Crippen LogP contribution in [-0.2, 0) is 6.42 Å². The first-order chi connectivity index (χ1) is 15.7. The molecule has 0 aliphatic rings. The van der Waals surface area contributed by atoms with Crippen molar-refractivity contribution in [2.45, 2.75) is 6.42 Å². The molecule has 0 atom stereocenters. The predicted molar refractivity (Wildman–Crippen MR) is 122 cm³/mol. The summed E-state index contributed by atoms with van der Waals surface area (Å²) in [6, 6.07) is 26.7. The first-order valence-electron chi connectivity index (χ1n) is 10.1. The molecule has 1 aromatic heterocycles. The van der Waals surface area contributed by atoms with Crippen molar-refractivity contribution in [3.05, 3.63) is 95.7 Å². The monoisotopic (exact) mass is 417 g/mol. The summed E-state index contributed by atoms with van der Waals surface area (Å²) in [5.74, 6) is 0.988. The molecule has 6 nitrogen and oxygen atoms in total. The molecule has 0 aliphatic carbocycles. The molecule has 0 aliphatic heterocycles. The van der Waals surface area contributed by atoms with Gasteiger partial charge in [-0.3, -0.25) is 0 Å². The van der Waals surface area contributed by atoms with Crippen LogP contribution >= 0.6 is 0 Å². The van der Waals surface area contributed by atoms with Crippen molar-refractivity contribution >= 4 is 0 Å². The SMILES string of the molecule is N#Cc1ccc(-c2ccc(CCN)cc2)c(Oc2cnnc(-c3ccccc3C#N)c2)c1. The second-order valence-corrected chi connectivity index (χ2v) is 7.09. The lowest BCUT2D eigenvalue weighted by Gasteiger charge is -2.13. The van der Waals surface area contributed by atoms with E-state index in [1.165, 1.54) is 6.20 Å². The minimum atomic E-state index is 0.457. The van der Waals surface area contributed by atoms with Gasteiger partial charge in [-0.15, -0.1) is 0 Å². The van der Waals surface area contributed by atoms with Crippen molar-refractivity contribution in [2.24, 2.45) is 5.73 Å². The smallest absolute Gasteiger partial charge is 0.149 e. The van der Waals surface area contributed by atoms with Crippen LogP contribution in [0, 0.1) is 22.7 Å². The van der Waals surface area contributed by atoms with Gasteiger partial charge in [0.05, 0.1) is 35.2 Å². The maximum atomic E-state index is 9.39. The molecule has 0 saturated heterocycles. The van der Waals surface area contributed by atoms with E-state index in [0.29, 0.717) is 40.4 Å². The van der Waals surface area contributed by atoms with Gasteiger partial charge in [-0.05, 0) is 48.4 Å². The summed E-state index contributed by atoms with van der Waals surface area (Å²) >= 11 is 0. The van der Waals surface area contributed by atoms with Gasteiger partial charge in [0.1, 0.15) is 11.5 Å². The minimum Gasteiger partial charge on any atom is -0.455 e. The van der Waals surface area contributed by atoms with Gasteiger partial charge in [0, 0.05) is 17.2 Å². The van der Waals surface area contributed by atoms with Crippen molar-refractivity contribution < 1.29 is 4.74 Å². The number of hydrogen-bond acceptors (Lipinski definition) is 6. The van der Waals surface area contributed by atoms with Gasteiger partial charge in [0.2, 0.25) is 0 Å². The molecular weight excluding hydrogens is 398 g/mol. The lowest BCUT2D eigenvalue weighted by molar-refractivity contribution is 0.480. The molecule has 0 radical (unpaired) electrons. The Bertz CT molecular complexity index is 1330. The number of aromatic nitrogens is 2. The first kappa shape index (κ1) is 20.7. The highest BCUT2D eigenvalue weighted by molar-refractivity contribution is 5.73. The van der Waals surface area contributed by atoms with E-state index in [9.17, 15) is 10.5 Å². The van der Waals surface area contributed by atoms with Crippen LogP contribution in [0.5, 0.6) is 11.5 Å². The Hall–Kier alpha value is -4.52. The average Bonchev–Trinajstić information content (AvgIpc) is 2.85. The van der Waals surface area contributed by atoms with Crippen molar-refractivity contribution in [1.29, 1.82) is 10.5 Å². The van der Waals surface area contributed by atoms with E-state index in [1.54, 1.807) is 30.3 Å². The first-order valence-corrected chi connectivity index (χ1v) is 10.1. The molecule has 0 unspecified atom stereocenters. The van der Waals surface area contributed by atoms with E-state index in [-0.39, 0.29) is 0 Å². The van der Waals surface area contributed by atoms with E-state index in [4.69, 9.17) is 10.5 Å². The number of ether oxygens (including phenoxy) is 1. The van der Waals surface area contributed by atoms with Crippen molar-refractivity contribution in [3.8, 4) is 46.0 Å². The van der Waals surface area contributed by atoms with Crippen LogP contribution in [0.3, 0.4) is 0 Å². The van der Waals surface area contributed by atoms with E-state index in [2.05, 4.69) is 22.3 Å². The van der Waals surface area contributed by atoms with Crippen molar-refractivity contribution in [2.75, 3.05) is 6.54 Å². The second-order valence-electron chi connectivity index (χ2n) is 7.09. The van der Waals surface area contributed by atoms with Gasteiger partial charge in [0.25, 0.3) is 0 Å². The summed E-state index contributed by atoms with van der Waals surface area (Å²) in [6.07, 6.45) is 2.32. The van der Waals surface area contributed by atoms with Gasteiger partial charge in [-0.2, -0.15) is 20.7 Å². The number of nitriles is 2. The molecule has 6 heteroatoms. The lowest BCUT2D eigenvalue weighted by atomic mass is 10.0. The third-order valence-electron chi connectivity index (χ3n) is 4.99. The summed E-state index contributed by atoms with van der Waals surface area (Å²) in [6.45, 7) is 0.594. The number of nitrogens with zero attached hydrogens (tertiary/aromatic N) is 4. The summed E-state index contributed by atoms with van der Waals surface area (Å²) in [7, 11) is 0. The Morgan fingerprint density at radius 2 is 1.69 bits per heavy atom. The van der Waals surface area contributed by atoms with Gasteiger partial charge in [0.15, 0.2) is 0 Å². The quantitative estimate of drug-likeness (QED) is 0.480. The molecule has 0 fully saturated rings. The number of nitrogens with two attached hydrogens (primary N) is 1. The molecule has 0 amide bonds. The fourth-order valence-electron chi connectivity index (χ4n) is 3.40. The molecule has 0 bridgehead atoms. The van der Waals surface area contributed by atoms with Crippen LogP contribution in [0.4, 0.5) is 0 Å². The molecule has 1 heterocycles. The molecule has 3 aromatic carbocycles. The molecule has 32 heavy (non-hydrogen) atoms. The highest BCUT2D eigenvalue weighted by Gasteiger charge is 2.12. The Morgan fingerprint density at radius 3 is 2.44 bits per heavy atom. The minimum absolute atomic E-state index is 0.457. The van der Waals surface area contributed by atoms with Crippen LogP contribution < -0.4 is 10.5 Å². The molecule has 0 spiro atoms. The largest absolute Gasteiger partial charge is 0.455 e. The van der Waals surface area contributed by atoms with Crippen LogP contribution in [-0.4, -0.2) is 16.7 Å². The second kappa shape index (κ2) is 9.53. The highest BCUT2D eigenvalue weighted by atomic mass is 16.5. The van der Waals surface area contributed by atoms with Crippen molar-refractivity contribution in [3.63, 3.8) is 0 Å². The normalized spacial score (nSPS) is 10.2. The molecule has 2 N–H and O–H groups in total. The Kier molecular flexibility index (Phi) is 6.17. The van der Waals surface area contributed by atoms with Crippen LogP contribution in [0.25, 0.3) is 22.4 Å². The zero-order valence-electron chi connectivity index (χ0n) is 17.2. The third-order valence-corrected chi connectivity index (χ3v) is 4.99. The van der Waals surface area contributed by atoms with Crippen LogP contribution in [0.1, 0.15) is 16.7 Å². The number of hydrogen-bond donors (Lipinski definition) is 1. The maximum Gasteiger partial charge on any atom is 0.149 e. The summed E-state index contributed by atoms with van der Waals surface area (Å²) in [4.78, 5) is 0. The summed E-state index contributed by atoms with van der Waals surface area (Å²) in [5.41, 5.74) is 10.8. The number of benzene rings is 3. The van der Waals surface area contributed by atoms with E-state index >= 15 is 0 Å². The zero-order chi connectivity index (χ0) is 22.3. The fraction of sp³-hybridized carbons (Fsp3) is 0.0769. The predicted octanol–water partition coefficient (Wildman–Crippen LogP) is 4.85. The van der Waals surface area contributed by atoms with Crippen LogP contribution in [0.15, 0.2) is 79.0 Å². The molecule has 4 aromatic rings.